The normalized spacial score (nSPS) is 13.1. The number of thiophene rings is 1. The molecule has 0 unspecified atom stereocenters. The smallest absolute Gasteiger partial charge is 0.272 e. The Balaban J connectivity index is 1.44. The number of carbonyl (C=O) groups excluding carboxylic acids is 1. The van der Waals surface area contributed by atoms with E-state index in [0.717, 1.165) is 29.0 Å². The molecule has 26 heavy (non-hydrogen) atoms. The van der Waals surface area contributed by atoms with Gasteiger partial charge in [0.1, 0.15) is 11.2 Å². The van der Waals surface area contributed by atoms with Gasteiger partial charge in [-0.05, 0) is 55.0 Å². The van der Waals surface area contributed by atoms with Gasteiger partial charge in [-0.3, -0.25) is 15.0 Å². The first-order valence-corrected chi connectivity index (χ1v) is 10.5. The molecule has 3 aromatic rings. The fourth-order valence-electron chi connectivity index (χ4n) is 3.18. The zero-order chi connectivity index (χ0) is 18.1. The van der Waals surface area contributed by atoms with Crippen LogP contribution in [0.15, 0.2) is 40.3 Å². The van der Waals surface area contributed by atoms with Crippen LogP contribution in [-0.2, 0) is 24.1 Å². The van der Waals surface area contributed by atoms with Gasteiger partial charge >= 0.3 is 0 Å². The van der Waals surface area contributed by atoms with Crippen molar-refractivity contribution < 1.29 is 4.79 Å². The molecule has 0 saturated carbocycles. The topological polar surface area (TPSA) is 64.0 Å². The highest BCUT2D eigenvalue weighted by Crippen LogP contribution is 2.27. The number of hydrogen-bond acceptors (Lipinski definition) is 5. The maximum Gasteiger partial charge on any atom is 0.280 e. The maximum absolute atomic E-state index is 12.5. The molecule has 1 N–H and O–H groups in total. The van der Waals surface area contributed by atoms with E-state index in [9.17, 15) is 9.59 Å². The van der Waals surface area contributed by atoms with Gasteiger partial charge in [-0.1, -0.05) is 13.0 Å². The SMILES string of the molecule is CCc1cc2c(=O)n(NC(=O)CSc3ccc4c(c3)CCC4)cnc2s1. The highest BCUT2D eigenvalue weighted by atomic mass is 32.2. The number of carbonyl (C=O) groups is 1. The number of nitrogens with zero attached hydrogens (tertiary/aromatic N) is 2. The third-order valence-corrected chi connectivity index (χ3v) is 6.72. The van der Waals surface area contributed by atoms with Crippen molar-refractivity contribution in [3.05, 3.63) is 57.0 Å². The predicted octanol–water partition coefficient (Wildman–Crippen LogP) is 3.37. The van der Waals surface area contributed by atoms with Crippen molar-refractivity contribution in [3.8, 4) is 0 Å². The number of hydrogen-bond donors (Lipinski definition) is 1. The Morgan fingerprint density at radius 2 is 2.15 bits per heavy atom. The van der Waals surface area contributed by atoms with Crippen LogP contribution < -0.4 is 11.0 Å². The van der Waals surface area contributed by atoms with Crippen molar-refractivity contribution in [1.82, 2.24) is 9.66 Å². The van der Waals surface area contributed by atoms with Crippen LogP contribution in [0.5, 0.6) is 0 Å². The molecule has 4 rings (SSSR count). The molecule has 0 atom stereocenters. The molecule has 0 fully saturated rings. The molecule has 1 amide bonds. The van der Waals surface area contributed by atoms with Crippen molar-refractivity contribution in [2.24, 2.45) is 0 Å². The van der Waals surface area contributed by atoms with E-state index in [1.165, 1.54) is 51.6 Å². The number of fused-ring (bicyclic) bond motifs is 2. The molecule has 0 spiro atoms. The lowest BCUT2D eigenvalue weighted by molar-refractivity contribution is -0.114. The van der Waals surface area contributed by atoms with Gasteiger partial charge in [-0.25, -0.2) is 9.66 Å². The number of amides is 1. The van der Waals surface area contributed by atoms with Gasteiger partial charge in [-0.15, -0.1) is 23.1 Å². The van der Waals surface area contributed by atoms with Crippen LogP contribution in [0.1, 0.15) is 29.3 Å². The van der Waals surface area contributed by atoms with Gasteiger partial charge in [0.25, 0.3) is 5.56 Å². The van der Waals surface area contributed by atoms with Gasteiger partial charge in [0, 0.05) is 9.77 Å². The molecule has 2 aromatic heterocycles. The molecule has 0 bridgehead atoms. The van der Waals surface area contributed by atoms with E-state index in [1.807, 2.05) is 13.0 Å². The third kappa shape index (κ3) is 3.41. The van der Waals surface area contributed by atoms with Gasteiger partial charge in [0.05, 0.1) is 11.1 Å². The molecule has 1 aromatic carbocycles. The first-order valence-electron chi connectivity index (χ1n) is 8.68. The largest absolute Gasteiger partial charge is 0.280 e. The van der Waals surface area contributed by atoms with E-state index in [4.69, 9.17) is 0 Å². The summed E-state index contributed by atoms with van der Waals surface area (Å²) in [6, 6.07) is 8.27. The van der Waals surface area contributed by atoms with Crippen LogP contribution in [0.4, 0.5) is 0 Å². The van der Waals surface area contributed by atoms with E-state index in [1.54, 1.807) is 0 Å². The standard InChI is InChI=1S/C19H19N3O2S2/c1-2-14-9-16-18(26-14)20-11-22(19(16)24)21-17(23)10-25-15-7-6-12-4-3-5-13(12)8-15/h6-9,11H,2-5,10H2,1H3,(H,21,23). The zero-order valence-corrected chi connectivity index (χ0v) is 16.1. The Labute approximate surface area is 159 Å². The van der Waals surface area contributed by atoms with Crippen LogP contribution in [0.3, 0.4) is 0 Å². The predicted molar refractivity (Wildman–Crippen MR) is 107 cm³/mol. The number of aromatic nitrogens is 2. The van der Waals surface area contributed by atoms with Crippen LogP contribution in [-0.4, -0.2) is 21.3 Å². The number of rotatable bonds is 5. The number of nitrogens with one attached hydrogen (secondary N) is 1. The molecule has 134 valence electrons. The van der Waals surface area contributed by atoms with Crippen molar-refractivity contribution >= 4 is 39.2 Å². The lowest BCUT2D eigenvalue weighted by Gasteiger charge is -2.08. The minimum atomic E-state index is -0.234. The highest BCUT2D eigenvalue weighted by molar-refractivity contribution is 8.00. The Kier molecular flexibility index (Phi) is 4.82. The highest BCUT2D eigenvalue weighted by Gasteiger charge is 2.13. The Bertz CT molecular complexity index is 1040. The summed E-state index contributed by atoms with van der Waals surface area (Å²) in [5, 5.41) is 0.556. The Morgan fingerprint density at radius 1 is 1.31 bits per heavy atom. The minimum absolute atomic E-state index is 0.218. The molecule has 5 nitrogen and oxygen atoms in total. The summed E-state index contributed by atoms with van der Waals surface area (Å²) >= 11 is 3.00. The van der Waals surface area contributed by atoms with Gasteiger partial charge in [0.2, 0.25) is 5.91 Å². The maximum atomic E-state index is 12.5. The fraction of sp³-hybridized carbons (Fsp3) is 0.316. The summed E-state index contributed by atoms with van der Waals surface area (Å²) < 4.78 is 1.18. The molecule has 0 aliphatic heterocycles. The van der Waals surface area contributed by atoms with E-state index in [0.29, 0.717) is 10.2 Å². The molecule has 2 heterocycles. The molecular formula is C19H19N3O2S2. The van der Waals surface area contributed by atoms with E-state index in [2.05, 4.69) is 28.6 Å². The molecule has 1 aliphatic carbocycles. The van der Waals surface area contributed by atoms with E-state index >= 15 is 0 Å². The lowest BCUT2D eigenvalue weighted by atomic mass is 10.1. The monoisotopic (exact) mass is 385 g/mol. The number of aryl methyl sites for hydroxylation is 3. The minimum Gasteiger partial charge on any atom is -0.272 e. The van der Waals surface area contributed by atoms with Crippen molar-refractivity contribution in [2.75, 3.05) is 11.2 Å². The van der Waals surface area contributed by atoms with E-state index in [-0.39, 0.29) is 17.2 Å². The molecule has 7 heteroatoms. The summed E-state index contributed by atoms with van der Waals surface area (Å²) in [7, 11) is 0. The summed E-state index contributed by atoms with van der Waals surface area (Å²) in [4.78, 5) is 32.0. The zero-order valence-electron chi connectivity index (χ0n) is 14.4. The van der Waals surface area contributed by atoms with Crippen LogP contribution in [0, 0.1) is 0 Å². The Hall–Kier alpha value is -2.12. The summed E-state index contributed by atoms with van der Waals surface area (Å²) in [6.07, 6.45) is 5.74. The van der Waals surface area contributed by atoms with E-state index < -0.39 is 0 Å². The van der Waals surface area contributed by atoms with Gasteiger partial charge < -0.3 is 0 Å². The summed E-state index contributed by atoms with van der Waals surface area (Å²) in [6.45, 7) is 2.04. The Morgan fingerprint density at radius 3 is 3.00 bits per heavy atom. The molecule has 0 saturated heterocycles. The van der Waals surface area contributed by atoms with Crippen LogP contribution in [0.2, 0.25) is 0 Å². The summed E-state index contributed by atoms with van der Waals surface area (Å²) in [5.41, 5.74) is 5.22. The van der Waals surface area contributed by atoms with Crippen molar-refractivity contribution in [3.63, 3.8) is 0 Å². The van der Waals surface area contributed by atoms with Crippen molar-refractivity contribution in [1.29, 1.82) is 0 Å². The van der Waals surface area contributed by atoms with Crippen LogP contribution in [0.25, 0.3) is 10.2 Å². The lowest BCUT2D eigenvalue weighted by Crippen LogP contribution is -2.33. The molecule has 1 aliphatic rings. The number of thioether (sulfide) groups is 1. The van der Waals surface area contributed by atoms with Crippen LogP contribution >= 0.6 is 23.1 Å². The summed E-state index contributed by atoms with van der Waals surface area (Å²) in [5.74, 6) is 0.0392. The number of benzene rings is 1. The average Bonchev–Trinajstić information content (AvgIpc) is 3.28. The third-order valence-electron chi connectivity index (χ3n) is 4.54. The second kappa shape index (κ2) is 7.25. The first kappa shape index (κ1) is 17.3. The fourth-order valence-corrected chi connectivity index (χ4v) is 4.86. The average molecular weight is 386 g/mol. The first-order chi connectivity index (χ1) is 12.6. The quantitative estimate of drug-likeness (QED) is 0.684. The second-order valence-electron chi connectivity index (χ2n) is 6.31. The molecule has 0 radical (unpaired) electrons. The second-order valence-corrected chi connectivity index (χ2v) is 8.48. The van der Waals surface area contributed by atoms with Gasteiger partial charge in [-0.2, -0.15) is 0 Å². The van der Waals surface area contributed by atoms with Gasteiger partial charge in [0.15, 0.2) is 0 Å². The molecular weight excluding hydrogens is 366 g/mol. The van der Waals surface area contributed by atoms with Crippen molar-refractivity contribution in [2.45, 2.75) is 37.5 Å².